The molecule has 0 aromatic carbocycles. The highest BCUT2D eigenvalue weighted by Gasteiger charge is 2.17. The molecule has 0 atom stereocenters. The minimum absolute atomic E-state index is 0.373. The van der Waals surface area contributed by atoms with Crippen molar-refractivity contribution in [2.75, 3.05) is 39.3 Å². The zero-order valence-corrected chi connectivity index (χ0v) is 13.4. The Morgan fingerprint density at radius 2 is 1.50 bits per heavy atom. The second kappa shape index (κ2) is 10.8. The van der Waals surface area contributed by atoms with E-state index in [4.69, 9.17) is 4.74 Å². The highest BCUT2D eigenvalue weighted by molar-refractivity contribution is 4.73. The van der Waals surface area contributed by atoms with Crippen molar-refractivity contribution in [2.45, 2.75) is 60.1 Å². The van der Waals surface area contributed by atoms with Crippen LogP contribution in [0.15, 0.2) is 0 Å². The Kier molecular flexibility index (Phi) is 10.7. The summed E-state index contributed by atoms with van der Waals surface area (Å²) in [5.74, 6) is 0. The monoisotopic (exact) mass is 258 g/mol. The lowest BCUT2D eigenvalue weighted by Gasteiger charge is -2.36. The molecule has 0 bridgehead atoms. The first-order chi connectivity index (χ1) is 8.59. The third-order valence-electron chi connectivity index (χ3n) is 3.21. The molecule has 0 aliphatic carbocycles. The molecule has 0 amide bonds. The summed E-state index contributed by atoms with van der Waals surface area (Å²) in [4.78, 5) is 5.11. The quantitative estimate of drug-likeness (QED) is 0.681. The lowest BCUT2D eigenvalue weighted by atomic mass is 10.2. The molecule has 0 unspecified atom stereocenters. The molecule has 3 nitrogen and oxygen atoms in total. The van der Waals surface area contributed by atoms with Gasteiger partial charge in [-0.25, -0.2) is 0 Å². The molecule has 1 rings (SSSR count). The molecular formula is C15H34N2O. The smallest absolute Gasteiger partial charge is 0.0518 e. The second-order valence-electron chi connectivity index (χ2n) is 5.24. The van der Waals surface area contributed by atoms with Gasteiger partial charge in [0.1, 0.15) is 0 Å². The summed E-state index contributed by atoms with van der Waals surface area (Å²) in [7, 11) is 0. The number of piperazine rings is 1. The molecule has 18 heavy (non-hydrogen) atoms. The van der Waals surface area contributed by atoms with Crippen molar-refractivity contribution in [1.82, 2.24) is 9.80 Å². The summed E-state index contributed by atoms with van der Waals surface area (Å²) < 4.78 is 5.56. The van der Waals surface area contributed by atoms with Gasteiger partial charge < -0.3 is 9.64 Å². The summed E-state index contributed by atoms with van der Waals surface area (Å²) in [6.07, 6.45) is 1.54. The molecule has 0 aromatic heterocycles. The normalized spacial score (nSPS) is 18.0. The molecule has 1 heterocycles. The zero-order valence-electron chi connectivity index (χ0n) is 13.4. The van der Waals surface area contributed by atoms with Gasteiger partial charge in [-0.05, 0) is 34.1 Å². The van der Waals surface area contributed by atoms with Crippen LogP contribution in [0.25, 0.3) is 0 Å². The van der Waals surface area contributed by atoms with Gasteiger partial charge >= 0.3 is 0 Å². The first-order valence-corrected chi connectivity index (χ1v) is 7.67. The lowest BCUT2D eigenvalue weighted by molar-refractivity contribution is 0.0605. The van der Waals surface area contributed by atoms with Crippen LogP contribution < -0.4 is 0 Å². The van der Waals surface area contributed by atoms with Gasteiger partial charge in [0.2, 0.25) is 0 Å². The fourth-order valence-electron chi connectivity index (χ4n) is 2.11. The van der Waals surface area contributed by atoms with Crippen LogP contribution in [0.4, 0.5) is 0 Å². The van der Waals surface area contributed by atoms with E-state index in [0.717, 1.165) is 6.61 Å². The number of rotatable bonds is 6. The Morgan fingerprint density at radius 3 is 1.94 bits per heavy atom. The molecule has 0 aromatic rings. The molecule has 3 heteroatoms. The topological polar surface area (TPSA) is 15.7 Å². The van der Waals surface area contributed by atoms with Gasteiger partial charge in [0.05, 0.1) is 6.10 Å². The Morgan fingerprint density at radius 1 is 0.944 bits per heavy atom. The van der Waals surface area contributed by atoms with Crippen molar-refractivity contribution in [3.8, 4) is 0 Å². The van der Waals surface area contributed by atoms with Gasteiger partial charge in [-0.3, -0.25) is 4.90 Å². The maximum Gasteiger partial charge on any atom is 0.0518 e. The van der Waals surface area contributed by atoms with Crippen molar-refractivity contribution in [2.24, 2.45) is 0 Å². The number of ether oxygens (including phenoxy) is 1. The summed E-state index contributed by atoms with van der Waals surface area (Å²) >= 11 is 0. The van der Waals surface area contributed by atoms with E-state index in [0.29, 0.717) is 12.1 Å². The Labute approximate surface area is 114 Å². The van der Waals surface area contributed by atoms with Gasteiger partial charge in [0.15, 0.2) is 0 Å². The highest BCUT2D eigenvalue weighted by Crippen LogP contribution is 2.06. The van der Waals surface area contributed by atoms with E-state index in [2.05, 4.69) is 37.5 Å². The van der Waals surface area contributed by atoms with E-state index >= 15 is 0 Å². The van der Waals surface area contributed by atoms with Crippen LogP contribution in [-0.4, -0.2) is 61.3 Å². The summed E-state index contributed by atoms with van der Waals surface area (Å²) in [6.45, 7) is 19.8. The number of hydrogen-bond donors (Lipinski definition) is 0. The highest BCUT2D eigenvalue weighted by atomic mass is 16.5. The van der Waals surface area contributed by atoms with Gasteiger partial charge in [0.25, 0.3) is 0 Å². The van der Waals surface area contributed by atoms with Gasteiger partial charge in [-0.1, -0.05) is 13.8 Å². The van der Waals surface area contributed by atoms with E-state index in [1.54, 1.807) is 0 Å². The maximum absolute atomic E-state index is 5.56. The van der Waals surface area contributed by atoms with Crippen LogP contribution >= 0.6 is 0 Å². The molecule has 1 fully saturated rings. The maximum atomic E-state index is 5.56. The van der Waals surface area contributed by atoms with Crippen LogP contribution in [0.1, 0.15) is 48.0 Å². The van der Waals surface area contributed by atoms with Crippen molar-refractivity contribution in [1.29, 1.82) is 0 Å². The van der Waals surface area contributed by atoms with Crippen LogP contribution in [0.2, 0.25) is 0 Å². The summed E-state index contributed by atoms with van der Waals surface area (Å²) in [5.41, 5.74) is 0. The molecule has 0 radical (unpaired) electrons. The van der Waals surface area contributed by atoms with Crippen LogP contribution in [0.3, 0.4) is 0 Å². The number of nitrogens with zero attached hydrogens (tertiary/aromatic N) is 2. The lowest BCUT2D eigenvalue weighted by Crippen LogP contribution is -2.49. The standard InChI is InChI=1S/C13H28N2O.C2H6/c1-12(2)15-9-7-14(8-10-15)6-5-11-16-13(3)4;1-2/h12-13H,5-11H2,1-4H3;1-2H3. The zero-order chi connectivity index (χ0) is 14.0. The first kappa shape index (κ1) is 17.9. The molecule has 110 valence electrons. The van der Waals surface area contributed by atoms with Crippen molar-refractivity contribution >= 4 is 0 Å². The van der Waals surface area contributed by atoms with Gasteiger partial charge in [-0.15, -0.1) is 0 Å². The van der Waals surface area contributed by atoms with Gasteiger partial charge in [-0.2, -0.15) is 0 Å². The largest absolute Gasteiger partial charge is 0.379 e. The van der Waals surface area contributed by atoms with E-state index in [9.17, 15) is 0 Å². The van der Waals surface area contributed by atoms with Gasteiger partial charge in [0, 0.05) is 45.4 Å². The minimum atomic E-state index is 0.373. The second-order valence-corrected chi connectivity index (χ2v) is 5.24. The average Bonchev–Trinajstić information content (AvgIpc) is 2.37. The van der Waals surface area contributed by atoms with E-state index in [-0.39, 0.29) is 0 Å². The third-order valence-corrected chi connectivity index (χ3v) is 3.21. The van der Waals surface area contributed by atoms with Crippen LogP contribution in [0.5, 0.6) is 0 Å². The number of hydrogen-bond acceptors (Lipinski definition) is 3. The minimum Gasteiger partial charge on any atom is -0.379 e. The van der Waals surface area contributed by atoms with Crippen molar-refractivity contribution in [3.63, 3.8) is 0 Å². The molecule has 1 aliphatic rings. The third kappa shape index (κ3) is 8.06. The fraction of sp³-hybridized carbons (Fsp3) is 1.00. The predicted molar refractivity (Wildman–Crippen MR) is 80.2 cm³/mol. The average molecular weight is 258 g/mol. The molecule has 1 saturated heterocycles. The summed E-state index contributed by atoms with van der Waals surface area (Å²) in [6, 6.07) is 0.700. The Bertz CT molecular complexity index is 175. The first-order valence-electron chi connectivity index (χ1n) is 7.67. The van der Waals surface area contributed by atoms with Crippen molar-refractivity contribution < 1.29 is 4.74 Å². The SMILES string of the molecule is CC.CC(C)OCCCN1CCN(C(C)C)CC1. The molecular weight excluding hydrogens is 224 g/mol. The fourth-order valence-corrected chi connectivity index (χ4v) is 2.11. The van der Waals surface area contributed by atoms with E-state index in [1.807, 2.05) is 13.8 Å². The van der Waals surface area contributed by atoms with Crippen molar-refractivity contribution in [3.05, 3.63) is 0 Å². The van der Waals surface area contributed by atoms with E-state index in [1.165, 1.54) is 39.1 Å². The molecule has 1 aliphatic heterocycles. The predicted octanol–water partition coefficient (Wildman–Crippen LogP) is 2.85. The van der Waals surface area contributed by atoms with Crippen LogP contribution in [-0.2, 0) is 4.74 Å². The molecule has 0 N–H and O–H groups in total. The Hall–Kier alpha value is -0.120. The summed E-state index contributed by atoms with van der Waals surface area (Å²) in [5, 5.41) is 0. The molecule has 0 saturated carbocycles. The molecule has 0 spiro atoms. The Balaban J connectivity index is 0.00000137. The van der Waals surface area contributed by atoms with E-state index < -0.39 is 0 Å². The van der Waals surface area contributed by atoms with Crippen LogP contribution in [0, 0.1) is 0 Å².